The number of pyridine rings is 1. The molecule has 1 aromatic heterocycles. The molecule has 0 saturated heterocycles. The van der Waals surface area contributed by atoms with Gasteiger partial charge in [0.25, 0.3) is 11.8 Å². The Kier molecular flexibility index (Phi) is 11.7. The van der Waals surface area contributed by atoms with Crippen molar-refractivity contribution in [3.8, 4) is 0 Å². The number of hydrogen-bond acceptors (Lipinski definition) is 9. The van der Waals surface area contributed by atoms with E-state index in [1.165, 1.54) is 24.3 Å². The molecule has 0 radical (unpaired) electrons. The van der Waals surface area contributed by atoms with E-state index >= 15 is 0 Å². The van der Waals surface area contributed by atoms with Crippen molar-refractivity contribution in [1.29, 1.82) is 0 Å². The Morgan fingerprint density at radius 3 is 2.29 bits per heavy atom. The number of ketones is 1. The molecule has 51 heavy (non-hydrogen) atoms. The summed E-state index contributed by atoms with van der Waals surface area (Å²) in [7, 11) is 0. The predicted octanol–water partition coefficient (Wildman–Crippen LogP) is 5.08. The normalized spacial score (nSPS) is 16.5. The zero-order chi connectivity index (χ0) is 36.7. The third-order valence-electron chi connectivity index (χ3n) is 8.20. The molecule has 4 N–H and O–H groups in total. The minimum absolute atomic E-state index is 0.00307. The first-order chi connectivity index (χ1) is 24.4. The first-order valence-electron chi connectivity index (χ1n) is 15.9. The number of nitrogens with one attached hydrogen (secondary N) is 3. The summed E-state index contributed by atoms with van der Waals surface area (Å²) < 4.78 is 5.12. The third-order valence-corrected chi connectivity index (χ3v) is 8.83. The molecule has 2 amide bonds. The number of benzene rings is 3. The van der Waals surface area contributed by atoms with Gasteiger partial charge in [-0.15, -0.1) is 0 Å². The number of hydrogen-bond donors (Lipinski definition) is 4. The Bertz CT molecular complexity index is 1980. The van der Waals surface area contributed by atoms with Gasteiger partial charge in [0.15, 0.2) is 18.0 Å². The van der Waals surface area contributed by atoms with E-state index in [-0.39, 0.29) is 33.9 Å². The molecule has 1 aliphatic rings. The highest BCUT2D eigenvalue weighted by Crippen LogP contribution is 2.30. The maximum atomic E-state index is 14.1. The molecule has 1 unspecified atom stereocenters. The van der Waals surface area contributed by atoms with Crippen LogP contribution in [0.2, 0.25) is 10.0 Å². The van der Waals surface area contributed by atoms with Crippen molar-refractivity contribution in [2.45, 2.75) is 44.4 Å². The minimum Gasteiger partial charge on any atom is -0.481 e. The van der Waals surface area contributed by atoms with Crippen molar-refractivity contribution in [1.82, 2.24) is 21.1 Å². The maximum absolute atomic E-state index is 14.1. The van der Waals surface area contributed by atoms with E-state index in [0.29, 0.717) is 27.7 Å². The molecular formula is C37H34Cl2N4O8. The van der Waals surface area contributed by atoms with Crippen LogP contribution < -0.4 is 16.1 Å². The number of fused-ring (bicyclic) bond motifs is 1. The smallest absolute Gasteiger partial charge is 0.341 e. The van der Waals surface area contributed by atoms with Gasteiger partial charge in [-0.25, -0.2) is 4.79 Å². The van der Waals surface area contributed by atoms with Crippen LogP contribution in [-0.2, 0) is 30.4 Å². The lowest BCUT2D eigenvalue weighted by molar-refractivity contribution is -0.148. The Morgan fingerprint density at radius 1 is 0.922 bits per heavy atom. The molecule has 0 fully saturated rings. The van der Waals surface area contributed by atoms with Gasteiger partial charge in [-0.1, -0.05) is 91.6 Å². The van der Waals surface area contributed by atoms with E-state index in [0.717, 1.165) is 0 Å². The molecule has 0 spiro atoms. The number of carbonyl (C=O) groups is 5. The first-order valence-corrected chi connectivity index (χ1v) is 16.7. The fourth-order valence-corrected chi connectivity index (χ4v) is 6.16. The highest BCUT2D eigenvalue weighted by atomic mass is 35.5. The summed E-state index contributed by atoms with van der Waals surface area (Å²) in [5, 5.41) is 15.8. The highest BCUT2D eigenvalue weighted by Gasteiger charge is 2.46. The van der Waals surface area contributed by atoms with Crippen molar-refractivity contribution in [3.63, 3.8) is 0 Å². The van der Waals surface area contributed by atoms with Crippen LogP contribution in [0.1, 0.15) is 46.5 Å². The largest absolute Gasteiger partial charge is 0.481 e. The SMILES string of the molecule is CC(C)[C@H](NC(=O)c1ccnc2ccccc12)C1=CC(Cc2ccccc2)(C(=O)N[C@@H](CC(=O)O)C(=O)COC(=O)c2c(Cl)cccc2Cl)ON1. The summed E-state index contributed by atoms with van der Waals surface area (Å²) in [6.45, 7) is 2.89. The third kappa shape index (κ3) is 8.72. The van der Waals surface area contributed by atoms with Crippen LogP contribution in [0.3, 0.4) is 0 Å². The molecule has 12 nitrogen and oxygen atoms in total. The van der Waals surface area contributed by atoms with E-state index in [1.807, 2.05) is 26.0 Å². The quantitative estimate of drug-likeness (QED) is 0.128. The van der Waals surface area contributed by atoms with Gasteiger partial charge in [0, 0.05) is 18.0 Å². The van der Waals surface area contributed by atoms with Crippen LogP contribution in [0.25, 0.3) is 10.9 Å². The zero-order valence-corrected chi connectivity index (χ0v) is 29.0. The molecule has 264 valence electrons. The van der Waals surface area contributed by atoms with E-state index in [9.17, 15) is 29.1 Å². The van der Waals surface area contributed by atoms with Crippen LogP contribution >= 0.6 is 23.2 Å². The number of hydroxylamine groups is 1. The molecule has 5 rings (SSSR count). The lowest BCUT2D eigenvalue weighted by Crippen LogP contribution is -2.54. The van der Waals surface area contributed by atoms with Crippen LogP contribution in [-0.4, -0.2) is 63.9 Å². The minimum atomic E-state index is -1.79. The second-order valence-corrected chi connectivity index (χ2v) is 13.0. The second-order valence-electron chi connectivity index (χ2n) is 12.2. The van der Waals surface area contributed by atoms with E-state index in [1.54, 1.807) is 54.7 Å². The molecule has 1 aliphatic heterocycles. The van der Waals surface area contributed by atoms with Gasteiger partial charge in [0.2, 0.25) is 0 Å². The van der Waals surface area contributed by atoms with Crippen molar-refractivity contribution < 1.29 is 38.7 Å². The van der Waals surface area contributed by atoms with Gasteiger partial charge >= 0.3 is 11.9 Å². The number of carbonyl (C=O) groups excluding carboxylic acids is 4. The molecule has 14 heteroatoms. The Morgan fingerprint density at radius 2 is 1.61 bits per heavy atom. The fraction of sp³-hybridized carbons (Fsp3) is 0.243. The number of halogens is 2. The Balaban J connectivity index is 1.40. The number of carboxylic acids is 1. The number of para-hydroxylation sites is 1. The number of ether oxygens (including phenoxy) is 1. The molecular weight excluding hydrogens is 699 g/mol. The van der Waals surface area contributed by atoms with Gasteiger partial charge < -0.3 is 20.5 Å². The van der Waals surface area contributed by atoms with Crippen molar-refractivity contribution in [2.24, 2.45) is 5.92 Å². The van der Waals surface area contributed by atoms with Crippen LogP contribution in [0.15, 0.2) is 96.8 Å². The average molecular weight is 734 g/mol. The summed E-state index contributed by atoms with van der Waals surface area (Å²) in [4.78, 5) is 75.8. The molecule has 3 atom stereocenters. The number of Topliss-reactive ketones (excluding diaryl/α,β-unsaturated/α-hetero) is 1. The lowest BCUT2D eigenvalue weighted by Gasteiger charge is -2.27. The number of amides is 2. The van der Waals surface area contributed by atoms with Gasteiger partial charge in [-0.3, -0.25) is 34.5 Å². The van der Waals surface area contributed by atoms with E-state index in [2.05, 4.69) is 21.1 Å². The number of carboxylic acid groups (broad SMARTS) is 1. The van der Waals surface area contributed by atoms with Crippen molar-refractivity contribution >= 4 is 63.6 Å². The first kappa shape index (κ1) is 37.0. The van der Waals surface area contributed by atoms with Gasteiger partial charge in [-0.2, -0.15) is 0 Å². The fourth-order valence-electron chi connectivity index (χ4n) is 5.61. The molecule has 3 aromatic carbocycles. The number of nitrogens with zero attached hydrogens (tertiary/aromatic N) is 1. The van der Waals surface area contributed by atoms with Crippen LogP contribution in [0.5, 0.6) is 0 Å². The lowest BCUT2D eigenvalue weighted by atomic mass is 9.90. The van der Waals surface area contributed by atoms with Crippen molar-refractivity contribution in [2.75, 3.05) is 6.61 Å². The molecule has 0 saturated carbocycles. The Hall–Kier alpha value is -5.30. The Labute approximate surface area is 303 Å². The van der Waals surface area contributed by atoms with Gasteiger partial charge in [-0.05, 0) is 41.8 Å². The average Bonchev–Trinajstić information content (AvgIpc) is 3.53. The molecule has 2 heterocycles. The number of aliphatic carboxylic acids is 1. The second kappa shape index (κ2) is 16.2. The number of aromatic nitrogens is 1. The summed E-state index contributed by atoms with van der Waals surface area (Å²) in [5.74, 6) is -4.70. The molecule has 0 aliphatic carbocycles. The maximum Gasteiger partial charge on any atom is 0.341 e. The summed E-state index contributed by atoms with van der Waals surface area (Å²) >= 11 is 12.1. The predicted molar refractivity (Wildman–Crippen MR) is 189 cm³/mol. The van der Waals surface area contributed by atoms with Crippen molar-refractivity contribution in [3.05, 3.63) is 124 Å². The van der Waals surface area contributed by atoms with E-state index in [4.69, 9.17) is 32.8 Å². The standard InChI is InChI=1S/C37H34Cl2N4O8/c1-21(2)33(42-34(47)24-15-16-40-27-14-7-6-11-23(24)27)29-19-37(51-43-29,18-22-9-4-3-5-10-22)36(49)41-28(17-31(45)46)30(44)20-50-35(48)32-25(38)12-8-13-26(32)39/h3-16,19,21,28,33,43H,17-18,20H2,1-2H3,(H,41,49)(H,42,47)(H,45,46)/t28-,33-,37?/m0/s1. The monoisotopic (exact) mass is 732 g/mol. The topological polar surface area (TPSA) is 173 Å². The summed E-state index contributed by atoms with van der Waals surface area (Å²) in [6.07, 6.45) is 2.23. The number of esters is 1. The molecule has 0 bridgehead atoms. The summed E-state index contributed by atoms with van der Waals surface area (Å²) in [6, 6.07) is 19.9. The molecule has 4 aromatic rings. The number of rotatable bonds is 14. The van der Waals surface area contributed by atoms with Crippen LogP contribution in [0.4, 0.5) is 0 Å². The van der Waals surface area contributed by atoms with Gasteiger partial charge in [0.1, 0.15) is 6.04 Å². The van der Waals surface area contributed by atoms with Gasteiger partial charge in [0.05, 0.1) is 44.8 Å². The van der Waals surface area contributed by atoms with E-state index < -0.39 is 54.3 Å². The summed E-state index contributed by atoms with van der Waals surface area (Å²) in [5.41, 5.74) is 2.97. The zero-order valence-electron chi connectivity index (χ0n) is 27.5. The van der Waals surface area contributed by atoms with Crippen LogP contribution in [0, 0.1) is 5.92 Å². The highest BCUT2D eigenvalue weighted by molar-refractivity contribution is 6.39.